The van der Waals surface area contributed by atoms with Crippen molar-refractivity contribution in [2.75, 3.05) is 0 Å². The van der Waals surface area contributed by atoms with Crippen LogP contribution < -0.4 is 5.56 Å². The Morgan fingerprint density at radius 2 is 1.89 bits per heavy atom. The zero-order valence-corrected chi connectivity index (χ0v) is 9.82. The van der Waals surface area contributed by atoms with E-state index in [1.165, 1.54) is 0 Å². The van der Waals surface area contributed by atoms with Crippen molar-refractivity contribution in [2.45, 2.75) is 0 Å². The third-order valence-corrected chi connectivity index (χ3v) is 3.15. The molecule has 3 heterocycles. The maximum absolute atomic E-state index is 12.0. The molecule has 0 bridgehead atoms. The molecule has 0 spiro atoms. The smallest absolute Gasteiger partial charge is 0.279 e. The van der Waals surface area contributed by atoms with E-state index in [4.69, 9.17) is 0 Å². The van der Waals surface area contributed by atoms with Crippen molar-refractivity contribution in [3.63, 3.8) is 0 Å². The molecule has 90 valence electrons. The average molecular weight is 248 g/mol. The third kappa shape index (κ3) is 1.41. The number of nitrogens with zero attached hydrogens (tertiary/aromatic N) is 4. The first kappa shape index (κ1) is 10.1. The predicted octanol–water partition coefficient (Wildman–Crippen LogP) is 1.74. The van der Waals surface area contributed by atoms with Gasteiger partial charge in [-0.25, -0.2) is 4.98 Å². The molecule has 0 aliphatic carbocycles. The zero-order valence-electron chi connectivity index (χ0n) is 9.82. The van der Waals surface area contributed by atoms with E-state index < -0.39 is 0 Å². The molecule has 0 saturated heterocycles. The first-order valence-electron chi connectivity index (χ1n) is 5.84. The van der Waals surface area contributed by atoms with Crippen molar-refractivity contribution < 1.29 is 0 Å². The van der Waals surface area contributed by atoms with E-state index >= 15 is 0 Å². The van der Waals surface area contributed by atoms with Gasteiger partial charge in [-0.15, -0.1) is 0 Å². The molecule has 19 heavy (non-hydrogen) atoms. The van der Waals surface area contributed by atoms with Crippen LogP contribution in [0.3, 0.4) is 0 Å². The van der Waals surface area contributed by atoms with Crippen molar-refractivity contribution >= 4 is 16.4 Å². The Morgan fingerprint density at radius 3 is 2.79 bits per heavy atom. The molecule has 4 rings (SSSR count). The van der Waals surface area contributed by atoms with Crippen molar-refractivity contribution in [1.29, 1.82) is 0 Å². The van der Waals surface area contributed by atoms with Crippen LogP contribution in [0.15, 0.2) is 53.8 Å². The second-order valence-electron chi connectivity index (χ2n) is 4.28. The highest BCUT2D eigenvalue weighted by atomic mass is 16.1. The van der Waals surface area contributed by atoms with E-state index in [0.29, 0.717) is 16.9 Å². The number of rotatable bonds is 0. The molecule has 2 aliphatic rings. The fraction of sp³-hybridized carbons (Fsp3) is 0. The summed E-state index contributed by atoms with van der Waals surface area (Å²) in [5.74, 6) is 0.455. The van der Waals surface area contributed by atoms with Crippen molar-refractivity contribution in [3.05, 3.63) is 59.4 Å². The van der Waals surface area contributed by atoms with Crippen LogP contribution >= 0.6 is 0 Å². The second kappa shape index (κ2) is 3.58. The molecule has 0 unspecified atom stereocenters. The Morgan fingerprint density at radius 1 is 1.05 bits per heavy atom. The average Bonchev–Trinajstić information content (AvgIpc) is 2.46. The monoisotopic (exact) mass is 248 g/mol. The Hall–Kier alpha value is -2.82. The SMILES string of the molecule is O=c1nc2nc3cnccn3cc-2c2ccccc12. The fourth-order valence-electron chi connectivity index (χ4n) is 2.26. The van der Waals surface area contributed by atoms with Crippen LogP contribution in [0.25, 0.3) is 27.8 Å². The molecule has 0 radical (unpaired) electrons. The highest BCUT2D eigenvalue weighted by molar-refractivity contribution is 5.95. The summed E-state index contributed by atoms with van der Waals surface area (Å²) in [5, 5.41) is 1.49. The standard InChI is InChI=1S/C14H8N4O/c19-14-10-4-2-1-3-9(10)11-8-18-6-5-15-7-12(18)16-13(11)17-14/h1-8H. The number of benzene rings is 1. The van der Waals surface area contributed by atoms with Gasteiger partial charge in [-0.3, -0.25) is 9.78 Å². The summed E-state index contributed by atoms with van der Waals surface area (Å²) in [6.07, 6.45) is 7.08. The Balaban J connectivity index is 2.30. The number of hydrogen-bond donors (Lipinski definition) is 0. The number of fused-ring (bicyclic) bond motifs is 4. The van der Waals surface area contributed by atoms with Crippen LogP contribution in [-0.4, -0.2) is 19.4 Å². The Kier molecular flexibility index (Phi) is 1.91. The van der Waals surface area contributed by atoms with Gasteiger partial charge in [0, 0.05) is 29.5 Å². The van der Waals surface area contributed by atoms with Gasteiger partial charge < -0.3 is 4.40 Å². The van der Waals surface area contributed by atoms with Crippen molar-refractivity contribution in [3.8, 4) is 11.4 Å². The first-order chi connectivity index (χ1) is 9.33. The molecule has 0 fully saturated rings. The summed E-state index contributed by atoms with van der Waals surface area (Å²) in [7, 11) is 0. The van der Waals surface area contributed by atoms with E-state index in [-0.39, 0.29) is 5.56 Å². The van der Waals surface area contributed by atoms with Gasteiger partial charge in [-0.05, 0) is 11.5 Å². The summed E-state index contributed by atoms with van der Waals surface area (Å²) in [6.45, 7) is 0. The van der Waals surface area contributed by atoms with Crippen LogP contribution in [0.1, 0.15) is 0 Å². The Bertz CT molecular complexity index is 945. The lowest BCUT2D eigenvalue weighted by molar-refractivity contribution is 1.04. The van der Waals surface area contributed by atoms with Crippen LogP contribution in [-0.2, 0) is 0 Å². The van der Waals surface area contributed by atoms with Crippen molar-refractivity contribution in [2.24, 2.45) is 0 Å². The lowest BCUT2D eigenvalue weighted by atomic mass is 10.1. The van der Waals surface area contributed by atoms with Crippen LogP contribution in [0.4, 0.5) is 0 Å². The highest BCUT2D eigenvalue weighted by Crippen LogP contribution is 2.25. The Labute approximate surface area is 107 Å². The van der Waals surface area contributed by atoms with Crippen LogP contribution in [0.5, 0.6) is 0 Å². The molecule has 1 aromatic carbocycles. The molecular formula is C14H8N4O. The molecule has 2 aliphatic heterocycles. The predicted molar refractivity (Wildman–Crippen MR) is 71.2 cm³/mol. The molecule has 0 amide bonds. The van der Waals surface area contributed by atoms with Crippen LogP contribution in [0, 0.1) is 0 Å². The summed E-state index contributed by atoms with van der Waals surface area (Å²) < 4.78 is 1.87. The van der Waals surface area contributed by atoms with Gasteiger partial charge in [0.25, 0.3) is 5.56 Å². The minimum atomic E-state index is -0.246. The molecule has 5 heteroatoms. The summed E-state index contributed by atoms with van der Waals surface area (Å²) >= 11 is 0. The minimum absolute atomic E-state index is 0.246. The largest absolute Gasteiger partial charge is 0.305 e. The van der Waals surface area contributed by atoms with E-state index in [2.05, 4.69) is 15.0 Å². The maximum Gasteiger partial charge on any atom is 0.279 e. The lowest BCUT2D eigenvalue weighted by Crippen LogP contribution is -2.11. The van der Waals surface area contributed by atoms with Gasteiger partial charge in [0.05, 0.1) is 6.20 Å². The van der Waals surface area contributed by atoms with E-state index in [1.807, 2.05) is 35.0 Å². The maximum atomic E-state index is 12.0. The van der Waals surface area contributed by atoms with E-state index in [1.54, 1.807) is 18.5 Å². The van der Waals surface area contributed by atoms with Gasteiger partial charge in [0.1, 0.15) is 0 Å². The summed E-state index contributed by atoms with van der Waals surface area (Å²) in [4.78, 5) is 24.4. The second-order valence-corrected chi connectivity index (χ2v) is 4.28. The summed E-state index contributed by atoms with van der Waals surface area (Å²) in [5.41, 5.74) is 1.28. The molecule has 1 aromatic heterocycles. The number of hydrogen-bond acceptors (Lipinski definition) is 4. The van der Waals surface area contributed by atoms with Gasteiger partial charge >= 0.3 is 0 Å². The summed E-state index contributed by atoms with van der Waals surface area (Å²) in [6, 6.07) is 7.44. The highest BCUT2D eigenvalue weighted by Gasteiger charge is 2.13. The van der Waals surface area contributed by atoms with Gasteiger partial charge in [0.2, 0.25) is 0 Å². The van der Waals surface area contributed by atoms with Gasteiger partial charge in [-0.1, -0.05) is 18.2 Å². The van der Waals surface area contributed by atoms with Crippen LogP contribution in [0.2, 0.25) is 0 Å². The first-order valence-corrected chi connectivity index (χ1v) is 5.84. The zero-order chi connectivity index (χ0) is 12.8. The van der Waals surface area contributed by atoms with Gasteiger partial charge in [-0.2, -0.15) is 4.98 Å². The van der Waals surface area contributed by atoms with E-state index in [9.17, 15) is 4.79 Å². The molecule has 5 nitrogen and oxygen atoms in total. The normalized spacial score (nSPS) is 11.4. The topological polar surface area (TPSA) is 60.2 Å². The quantitative estimate of drug-likeness (QED) is 0.351. The molecule has 0 N–H and O–H groups in total. The fourth-order valence-corrected chi connectivity index (χ4v) is 2.26. The van der Waals surface area contributed by atoms with Gasteiger partial charge in [0.15, 0.2) is 11.5 Å². The minimum Gasteiger partial charge on any atom is -0.305 e. The van der Waals surface area contributed by atoms with Crippen molar-refractivity contribution in [1.82, 2.24) is 19.4 Å². The molecule has 0 atom stereocenters. The number of pyridine rings is 1. The number of aromatic nitrogens is 4. The molecule has 2 aromatic rings. The lowest BCUT2D eigenvalue weighted by Gasteiger charge is -2.09. The molecule has 0 saturated carbocycles. The third-order valence-electron chi connectivity index (χ3n) is 3.15. The molecular weight excluding hydrogens is 240 g/mol. The van der Waals surface area contributed by atoms with E-state index in [0.717, 1.165) is 10.9 Å².